The normalized spacial score (nSPS) is 12.3. The zero-order valence-electron chi connectivity index (χ0n) is 18.9. The van der Waals surface area contributed by atoms with E-state index in [9.17, 15) is 19.2 Å². The summed E-state index contributed by atoms with van der Waals surface area (Å²) >= 11 is 0. The van der Waals surface area contributed by atoms with Gasteiger partial charge in [0.25, 0.3) is 5.91 Å². The maximum atomic E-state index is 12.9. The van der Waals surface area contributed by atoms with Gasteiger partial charge in [0.1, 0.15) is 0 Å². The molecule has 1 aliphatic heterocycles. The average molecular weight is 453 g/mol. The number of nitrogens with one attached hydrogen (secondary N) is 1. The second kappa shape index (κ2) is 11.3. The zero-order valence-corrected chi connectivity index (χ0v) is 18.9. The first-order chi connectivity index (χ1) is 15.9. The van der Waals surface area contributed by atoms with Crippen LogP contribution in [0.25, 0.3) is 0 Å². The number of anilines is 2. The fourth-order valence-corrected chi connectivity index (χ4v) is 3.78. The van der Waals surface area contributed by atoms with Crippen molar-refractivity contribution in [3.63, 3.8) is 0 Å². The van der Waals surface area contributed by atoms with E-state index < -0.39 is 5.97 Å². The Morgan fingerprint density at radius 2 is 1.61 bits per heavy atom. The van der Waals surface area contributed by atoms with Gasteiger partial charge in [0.05, 0.1) is 26.3 Å². The third-order valence-electron chi connectivity index (χ3n) is 5.60. The molecule has 0 bridgehead atoms. The smallest absolute Gasteiger partial charge is 0.337 e. The second-order valence-corrected chi connectivity index (χ2v) is 7.80. The molecule has 0 aliphatic carbocycles. The van der Waals surface area contributed by atoms with Gasteiger partial charge in [0, 0.05) is 35.3 Å². The minimum Gasteiger partial charge on any atom is -0.469 e. The van der Waals surface area contributed by atoms with Crippen molar-refractivity contribution in [1.82, 2.24) is 0 Å². The Morgan fingerprint density at radius 3 is 2.27 bits per heavy atom. The van der Waals surface area contributed by atoms with Crippen molar-refractivity contribution >= 4 is 35.1 Å². The number of carbonyl (C=O) groups excluding carboxylic acids is 4. The molecule has 0 aromatic heterocycles. The molecule has 2 aromatic rings. The van der Waals surface area contributed by atoms with Gasteiger partial charge in [-0.25, -0.2) is 4.79 Å². The predicted octanol–water partition coefficient (Wildman–Crippen LogP) is 4.09. The number of benzene rings is 2. The first kappa shape index (κ1) is 24.0. The molecule has 1 aliphatic rings. The summed E-state index contributed by atoms with van der Waals surface area (Å²) in [6, 6.07) is 11.9. The molecule has 0 fully saturated rings. The Morgan fingerprint density at radius 1 is 0.909 bits per heavy atom. The Hall–Kier alpha value is -3.68. The van der Waals surface area contributed by atoms with Crippen LogP contribution in [-0.2, 0) is 25.6 Å². The fraction of sp³-hybridized carbons (Fsp3) is 0.360. The van der Waals surface area contributed by atoms with Crippen LogP contribution in [0.3, 0.4) is 0 Å². The van der Waals surface area contributed by atoms with Crippen LogP contribution < -0.4 is 10.2 Å². The molecule has 0 saturated carbocycles. The first-order valence-electron chi connectivity index (χ1n) is 10.9. The number of carbonyl (C=O) groups is 4. The predicted molar refractivity (Wildman–Crippen MR) is 123 cm³/mol. The molecule has 0 spiro atoms. The van der Waals surface area contributed by atoms with Crippen LogP contribution in [0.2, 0.25) is 0 Å². The first-order valence-corrected chi connectivity index (χ1v) is 10.9. The van der Waals surface area contributed by atoms with Crippen molar-refractivity contribution in [2.75, 3.05) is 24.4 Å². The van der Waals surface area contributed by atoms with Gasteiger partial charge in [0.2, 0.25) is 5.91 Å². The molecule has 0 radical (unpaired) electrons. The summed E-state index contributed by atoms with van der Waals surface area (Å²) in [4.78, 5) is 49.7. The maximum Gasteiger partial charge on any atom is 0.337 e. The lowest BCUT2D eigenvalue weighted by Crippen LogP contribution is -2.23. The Kier molecular flexibility index (Phi) is 8.18. The number of ether oxygens (including phenoxy) is 2. The van der Waals surface area contributed by atoms with Gasteiger partial charge in [-0.2, -0.15) is 0 Å². The van der Waals surface area contributed by atoms with E-state index in [1.165, 1.54) is 14.2 Å². The minimum absolute atomic E-state index is 0.107. The van der Waals surface area contributed by atoms with E-state index in [0.29, 0.717) is 41.9 Å². The lowest BCUT2D eigenvalue weighted by Gasteiger charge is -2.16. The summed E-state index contributed by atoms with van der Waals surface area (Å²) in [5.74, 6) is -0.915. The summed E-state index contributed by atoms with van der Waals surface area (Å²) in [6.07, 6.45) is 3.95. The van der Waals surface area contributed by atoms with Gasteiger partial charge in [-0.05, 0) is 49.2 Å². The highest BCUT2D eigenvalue weighted by molar-refractivity contribution is 6.12. The Balaban J connectivity index is 1.57. The number of esters is 2. The number of nitrogens with zero attached hydrogens (tertiary/aromatic N) is 1. The van der Waals surface area contributed by atoms with Crippen LogP contribution in [0.5, 0.6) is 0 Å². The van der Waals surface area contributed by atoms with Crippen LogP contribution in [-0.4, -0.2) is 38.0 Å². The van der Waals surface area contributed by atoms with E-state index >= 15 is 0 Å². The number of hydrogen-bond donors (Lipinski definition) is 1. The van der Waals surface area contributed by atoms with Crippen LogP contribution in [0, 0.1) is 0 Å². The van der Waals surface area contributed by atoms with Gasteiger partial charge in [-0.3, -0.25) is 14.4 Å². The van der Waals surface area contributed by atoms with Crippen molar-refractivity contribution in [2.45, 2.75) is 45.1 Å². The second-order valence-electron chi connectivity index (χ2n) is 7.80. The number of methoxy groups -OCH3 is 2. The molecule has 2 aromatic carbocycles. The molecule has 0 atom stereocenters. The third kappa shape index (κ3) is 5.97. The van der Waals surface area contributed by atoms with Crippen molar-refractivity contribution < 1.29 is 28.7 Å². The molecule has 33 heavy (non-hydrogen) atoms. The molecular formula is C25H28N2O6. The van der Waals surface area contributed by atoms with Crippen LogP contribution in [0.4, 0.5) is 11.4 Å². The fourth-order valence-electron chi connectivity index (χ4n) is 3.78. The highest BCUT2D eigenvalue weighted by Gasteiger charge is 2.30. The monoisotopic (exact) mass is 452 g/mol. The van der Waals surface area contributed by atoms with Crippen LogP contribution in [0.1, 0.15) is 64.8 Å². The van der Waals surface area contributed by atoms with Gasteiger partial charge in [-0.1, -0.05) is 18.9 Å². The third-order valence-corrected chi connectivity index (χ3v) is 5.60. The lowest BCUT2D eigenvalue weighted by atomic mass is 10.1. The van der Waals surface area contributed by atoms with E-state index in [1.807, 2.05) is 0 Å². The maximum absolute atomic E-state index is 12.9. The summed E-state index contributed by atoms with van der Waals surface area (Å²) in [5, 5.41) is 2.93. The average Bonchev–Trinajstić information content (AvgIpc) is 3.18. The minimum atomic E-state index is -0.439. The van der Waals surface area contributed by atoms with Gasteiger partial charge < -0.3 is 19.7 Å². The van der Waals surface area contributed by atoms with E-state index in [0.717, 1.165) is 31.2 Å². The highest BCUT2D eigenvalue weighted by Crippen LogP contribution is 2.33. The summed E-state index contributed by atoms with van der Waals surface area (Å²) in [6.45, 7) is 0.329. The van der Waals surface area contributed by atoms with Gasteiger partial charge in [0.15, 0.2) is 0 Å². The molecule has 0 unspecified atom stereocenters. The summed E-state index contributed by atoms with van der Waals surface area (Å²) in [7, 11) is 2.69. The van der Waals surface area contributed by atoms with Gasteiger partial charge in [-0.15, -0.1) is 0 Å². The molecule has 1 heterocycles. The van der Waals surface area contributed by atoms with Crippen molar-refractivity contribution in [3.05, 3.63) is 59.2 Å². The van der Waals surface area contributed by atoms with Crippen LogP contribution in [0.15, 0.2) is 42.5 Å². The Bertz CT molecular complexity index is 1030. The molecular weight excluding hydrogens is 424 g/mol. The van der Waals surface area contributed by atoms with E-state index in [2.05, 4.69) is 10.1 Å². The van der Waals surface area contributed by atoms with E-state index in [1.54, 1.807) is 47.4 Å². The van der Waals surface area contributed by atoms with Crippen molar-refractivity contribution in [1.29, 1.82) is 0 Å². The molecule has 3 rings (SSSR count). The molecule has 174 valence electrons. The standard InChI is InChI=1S/C25H28N2O6/c1-32-23(29)11-6-4-3-5-10-22(28)26-21-9-7-8-19-20(21)16-27(24(19)30)18-14-12-17(13-15-18)25(31)33-2/h7-9,12-15H,3-6,10-11,16H2,1-2H3,(H,26,28). The van der Waals surface area contributed by atoms with E-state index in [4.69, 9.17) is 4.74 Å². The quantitative estimate of drug-likeness (QED) is 0.430. The SMILES string of the molecule is COC(=O)CCCCCCC(=O)Nc1cccc2c1CN(c1ccc(C(=O)OC)cc1)C2=O. The number of unbranched alkanes of at least 4 members (excludes halogenated alkanes) is 3. The molecule has 8 nitrogen and oxygen atoms in total. The van der Waals surface area contributed by atoms with Crippen molar-refractivity contribution in [3.8, 4) is 0 Å². The number of rotatable bonds is 10. The largest absolute Gasteiger partial charge is 0.469 e. The number of amides is 2. The molecule has 8 heteroatoms. The molecule has 0 saturated heterocycles. The summed E-state index contributed by atoms with van der Waals surface area (Å²) in [5.41, 5.74) is 3.01. The van der Waals surface area contributed by atoms with Gasteiger partial charge >= 0.3 is 11.9 Å². The van der Waals surface area contributed by atoms with Crippen LogP contribution >= 0.6 is 0 Å². The zero-order chi connectivity index (χ0) is 23.8. The lowest BCUT2D eigenvalue weighted by molar-refractivity contribution is -0.140. The van der Waals surface area contributed by atoms with Crippen molar-refractivity contribution in [2.24, 2.45) is 0 Å². The number of fused-ring (bicyclic) bond motifs is 1. The summed E-state index contributed by atoms with van der Waals surface area (Å²) < 4.78 is 9.32. The molecule has 1 N–H and O–H groups in total. The topological polar surface area (TPSA) is 102 Å². The Labute approximate surface area is 192 Å². The van der Waals surface area contributed by atoms with E-state index in [-0.39, 0.29) is 17.8 Å². The molecule has 2 amide bonds. The highest BCUT2D eigenvalue weighted by atomic mass is 16.5. The number of hydrogen-bond acceptors (Lipinski definition) is 6.